The van der Waals surface area contributed by atoms with E-state index in [0.29, 0.717) is 49.3 Å². The topological polar surface area (TPSA) is 161 Å². The van der Waals surface area contributed by atoms with Crippen molar-refractivity contribution >= 4 is 46.1 Å². The van der Waals surface area contributed by atoms with E-state index in [1.54, 1.807) is 28.9 Å². The highest BCUT2D eigenvalue weighted by Gasteiger charge is 2.22. The molecule has 0 bridgehead atoms. The average Bonchev–Trinajstić information content (AvgIpc) is 3.54. The lowest BCUT2D eigenvalue weighted by molar-refractivity contribution is -0.146. The van der Waals surface area contributed by atoms with Crippen LogP contribution in [0.5, 0.6) is 11.5 Å². The third kappa shape index (κ3) is 8.98. The van der Waals surface area contributed by atoms with Gasteiger partial charge in [0, 0.05) is 34.5 Å². The van der Waals surface area contributed by atoms with Crippen LogP contribution in [0.3, 0.4) is 0 Å². The Morgan fingerprint density at radius 1 is 0.882 bits per heavy atom. The normalized spacial score (nSPS) is 13.3. The van der Waals surface area contributed by atoms with E-state index in [-0.39, 0.29) is 17.8 Å². The number of nitrogens with zero attached hydrogens (tertiary/aromatic N) is 4. The minimum atomic E-state index is -0.733. The van der Waals surface area contributed by atoms with Crippen molar-refractivity contribution in [2.45, 2.75) is 33.1 Å². The number of aryl methyl sites for hydroxylation is 1. The second-order valence-electron chi connectivity index (χ2n) is 12.9. The smallest absolute Gasteiger partial charge is 0.426 e. The van der Waals surface area contributed by atoms with Gasteiger partial charge in [-0.1, -0.05) is 62.7 Å². The fraction of sp³-hybridized carbons (Fsp3) is 0.270. The monoisotopic (exact) mass is 692 g/mol. The Hall–Kier alpha value is -5.99. The summed E-state index contributed by atoms with van der Waals surface area (Å²) in [5.74, 6) is 1.23. The van der Waals surface area contributed by atoms with Gasteiger partial charge in [-0.3, -0.25) is 10.1 Å². The molecule has 14 heteroatoms. The van der Waals surface area contributed by atoms with Crippen LogP contribution in [0.2, 0.25) is 0 Å². The van der Waals surface area contributed by atoms with Crippen molar-refractivity contribution in [3.05, 3.63) is 96.3 Å². The van der Waals surface area contributed by atoms with Gasteiger partial charge in [-0.05, 0) is 37.3 Å². The molecule has 4 amide bonds. The van der Waals surface area contributed by atoms with Crippen LogP contribution in [0.4, 0.5) is 26.9 Å². The summed E-state index contributed by atoms with van der Waals surface area (Å²) in [6.07, 6.45) is 0.767. The number of nitrogens with one attached hydrogen (secondary N) is 4. The molecule has 264 valence electrons. The Morgan fingerprint density at radius 2 is 1.63 bits per heavy atom. The number of rotatable bonds is 9. The van der Waals surface area contributed by atoms with Crippen molar-refractivity contribution in [1.29, 1.82) is 0 Å². The molecule has 0 saturated carbocycles. The zero-order valence-electron chi connectivity index (χ0n) is 28.9. The summed E-state index contributed by atoms with van der Waals surface area (Å²) in [6.45, 7) is 9.78. The molecule has 3 heterocycles. The first-order valence-electron chi connectivity index (χ1n) is 16.5. The highest BCUT2D eigenvalue weighted by atomic mass is 16.7. The van der Waals surface area contributed by atoms with Gasteiger partial charge >= 0.3 is 12.1 Å². The molecule has 1 aliphatic heterocycles. The molecule has 0 unspecified atom stereocenters. The molecule has 0 aliphatic carbocycles. The lowest BCUT2D eigenvalue weighted by Gasteiger charge is -2.24. The Kier molecular flexibility index (Phi) is 10.4. The number of hydrogen-bond donors (Lipinski definition) is 4. The summed E-state index contributed by atoms with van der Waals surface area (Å²) < 4.78 is 13.2. The highest BCUT2D eigenvalue weighted by molar-refractivity contribution is 6.07. The third-order valence-corrected chi connectivity index (χ3v) is 7.93. The number of urea groups is 1. The summed E-state index contributed by atoms with van der Waals surface area (Å²) in [7, 11) is 0. The number of anilines is 3. The molecule has 2 aromatic heterocycles. The van der Waals surface area contributed by atoms with Crippen LogP contribution in [-0.4, -0.2) is 70.7 Å². The maximum Gasteiger partial charge on any atom is 0.426 e. The minimum absolute atomic E-state index is 0.230. The molecular formula is C37H40N8O6. The number of benzene rings is 3. The van der Waals surface area contributed by atoms with Crippen molar-refractivity contribution in [2.75, 3.05) is 48.8 Å². The van der Waals surface area contributed by atoms with Crippen molar-refractivity contribution in [1.82, 2.24) is 25.1 Å². The summed E-state index contributed by atoms with van der Waals surface area (Å²) >= 11 is 0. The first-order chi connectivity index (χ1) is 24.5. The summed E-state index contributed by atoms with van der Waals surface area (Å²) in [4.78, 5) is 47.3. The Balaban J connectivity index is 1.12. The molecular weight excluding hydrogens is 652 g/mol. The van der Waals surface area contributed by atoms with Gasteiger partial charge in [-0.15, -0.1) is 5.06 Å². The Bertz CT molecular complexity index is 2030. The summed E-state index contributed by atoms with van der Waals surface area (Å²) in [5, 5.41) is 18.8. The average molecular weight is 693 g/mol. The number of hydroxylamine groups is 2. The quantitative estimate of drug-likeness (QED) is 0.138. The van der Waals surface area contributed by atoms with Crippen molar-refractivity contribution in [2.24, 2.45) is 0 Å². The molecule has 51 heavy (non-hydrogen) atoms. The molecule has 3 aromatic carbocycles. The van der Waals surface area contributed by atoms with Crippen molar-refractivity contribution < 1.29 is 28.7 Å². The van der Waals surface area contributed by atoms with E-state index in [1.807, 2.05) is 61.5 Å². The van der Waals surface area contributed by atoms with E-state index in [2.05, 4.69) is 47.0 Å². The van der Waals surface area contributed by atoms with Gasteiger partial charge < -0.3 is 30.3 Å². The molecule has 1 fully saturated rings. The Morgan fingerprint density at radius 3 is 2.37 bits per heavy atom. The van der Waals surface area contributed by atoms with Crippen LogP contribution in [0.1, 0.15) is 32.0 Å². The molecule has 14 nitrogen and oxygen atoms in total. The fourth-order valence-corrected chi connectivity index (χ4v) is 5.26. The van der Waals surface area contributed by atoms with Crippen LogP contribution in [0, 0.1) is 6.92 Å². The van der Waals surface area contributed by atoms with E-state index >= 15 is 0 Å². The first-order valence-corrected chi connectivity index (χ1v) is 16.5. The van der Waals surface area contributed by atoms with E-state index in [0.717, 1.165) is 27.7 Å². The summed E-state index contributed by atoms with van der Waals surface area (Å²) in [5.41, 5.74) is 3.14. The maximum atomic E-state index is 13.4. The zero-order valence-corrected chi connectivity index (χ0v) is 28.9. The number of morpholine rings is 1. The van der Waals surface area contributed by atoms with Crippen LogP contribution in [-0.2, 0) is 19.8 Å². The van der Waals surface area contributed by atoms with Gasteiger partial charge in [-0.25, -0.2) is 19.3 Å². The standard InChI is InChI=1S/C37H40N8O6/c1-24-9-11-25(12-10-24)45-33(22-31(43-45)37(2,3)4)42-35(47)40-29-13-14-30(28-8-6-5-7-27(28)29)50-26-15-16-38-32(21-26)41-34(46)23-39-36(48)51-44-17-19-49-20-18-44/h5-16,21-22H,17-20,23H2,1-4H3,(H,39,48)(H,38,41,46)(H2,40,42,47). The molecule has 1 aliphatic rings. The second-order valence-corrected chi connectivity index (χ2v) is 12.9. The molecule has 0 spiro atoms. The first kappa shape index (κ1) is 34.9. The van der Waals surface area contributed by atoms with Crippen LogP contribution < -0.4 is 26.0 Å². The van der Waals surface area contributed by atoms with Crippen molar-refractivity contribution in [3.8, 4) is 17.2 Å². The largest absolute Gasteiger partial charge is 0.457 e. The van der Waals surface area contributed by atoms with E-state index < -0.39 is 18.0 Å². The van der Waals surface area contributed by atoms with Gasteiger partial charge in [0.1, 0.15) is 29.7 Å². The fourth-order valence-electron chi connectivity index (χ4n) is 5.26. The highest BCUT2D eigenvalue weighted by Crippen LogP contribution is 2.35. The number of amides is 4. The zero-order chi connectivity index (χ0) is 36.0. The van der Waals surface area contributed by atoms with E-state index in [4.69, 9.17) is 19.4 Å². The number of pyridine rings is 1. The molecule has 4 N–H and O–H groups in total. The molecule has 0 radical (unpaired) electrons. The van der Waals surface area contributed by atoms with Gasteiger partial charge in [0.15, 0.2) is 0 Å². The Labute approximate surface area is 295 Å². The van der Waals surface area contributed by atoms with Crippen LogP contribution >= 0.6 is 0 Å². The number of aromatic nitrogens is 3. The molecule has 5 aromatic rings. The number of fused-ring (bicyclic) bond motifs is 1. The maximum absolute atomic E-state index is 13.4. The minimum Gasteiger partial charge on any atom is -0.457 e. The molecule has 6 rings (SSSR count). The lowest BCUT2D eigenvalue weighted by Crippen LogP contribution is -2.42. The van der Waals surface area contributed by atoms with Gasteiger partial charge in [0.05, 0.1) is 43.4 Å². The number of carbonyl (C=O) groups excluding carboxylic acids is 3. The van der Waals surface area contributed by atoms with Gasteiger partial charge in [0.25, 0.3) is 0 Å². The molecule has 0 atom stereocenters. The third-order valence-electron chi connectivity index (χ3n) is 7.93. The predicted molar refractivity (Wildman–Crippen MR) is 193 cm³/mol. The number of carbonyl (C=O) groups is 3. The van der Waals surface area contributed by atoms with E-state index in [9.17, 15) is 14.4 Å². The number of ether oxygens (including phenoxy) is 2. The lowest BCUT2D eigenvalue weighted by atomic mass is 9.92. The summed E-state index contributed by atoms with van der Waals surface area (Å²) in [6, 6.07) is 23.7. The van der Waals surface area contributed by atoms with E-state index in [1.165, 1.54) is 11.3 Å². The number of hydrogen-bond acceptors (Lipinski definition) is 9. The SMILES string of the molecule is Cc1ccc(-n2nc(C(C)(C)C)cc2NC(=O)Nc2ccc(Oc3ccnc(NC(=O)CNC(=O)ON4CCOCC4)c3)c3ccccc23)cc1. The van der Waals surface area contributed by atoms with Crippen LogP contribution in [0.15, 0.2) is 85.1 Å². The second kappa shape index (κ2) is 15.3. The van der Waals surface area contributed by atoms with Gasteiger partial charge in [0.2, 0.25) is 5.91 Å². The van der Waals surface area contributed by atoms with Gasteiger partial charge in [-0.2, -0.15) is 5.10 Å². The predicted octanol–water partition coefficient (Wildman–Crippen LogP) is 6.37. The molecule has 1 saturated heterocycles. The van der Waals surface area contributed by atoms with Crippen molar-refractivity contribution in [3.63, 3.8) is 0 Å². The van der Waals surface area contributed by atoms with Crippen LogP contribution in [0.25, 0.3) is 16.5 Å².